The minimum Gasteiger partial charge on any atom is -0.396 e. The van der Waals surface area contributed by atoms with Crippen molar-refractivity contribution < 1.29 is 5.11 Å². The second kappa shape index (κ2) is 5.99. The van der Waals surface area contributed by atoms with Crippen LogP contribution in [-0.2, 0) is 0 Å². The van der Waals surface area contributed by atoms with Gasteiger partial charge in [0, 0.05) is 31.2 Å². The minimum atomic E-state index is 0.0398. The normalized spacial score (nSPS) is 23.2. The predicted molar refractivity (Wildman–Crippen MR) is 68.6 cm³/mol. The molecule has 0 aliphatic carbocycles. The topological polar surface area (TPSA) is 26.7 Å². The van der Waals surface area contributed by atoms with Crippen LogP contribution in [0.25, 0.3) is 0 Å². The van der Waals surface area contributed by atoms with E-state index in [-0.39, 0.29) is 12.0 Å². The van der Waals surface area contributed by atoms with Crippen LogP contribution in [-0.4, -0.2) is 60.3 Å². The highest BCUT2D eigenvalue weighted by molar-refractivity contribution is 4.85. The van der Waals surface area contributed by atoms with Gasteiger partial charge in [-0.15, -0.1) is 0 Å². The van der Waals surface area contributed by atoms with Gasteiger partial charge in [0.2, 0.25) is 0 Å². The highest BCUT2D eigenvalue weighted by Crippen LogP contribution is 2.21. The molecule has 1 heterocycles. The summed E-state index contributed by atoms with van der Waals surface area (Å²) >= 11 is 0. The highest BCUT2D eigenvalue weighted by Gasteiger charge is 2.29. The van der Waals surface area contributed by atoms with Crippen molar-refractivity contribution in [2.75, 3.05) is 39.3 Å². The maximum Gasteiger partial charge on any atom is 0.0494 e. The molecule has 1 saturated heterocycles. The van der Waals surface area contributed by atoms with Crippen LogP contribution in [0.3, 0.4) is 0 Å². The zero-order valence-corrected chi connectivity index (χ0v) is 11.4. The molecule has 1 rings (SSSR count). The quantitative estimate of drug-likeness (QED) is 0.745. The first-order chi connectivity index (χ1) is 7.52. The van der Waals surface area contributed by atoms with Crippen molar-refractivity contribution in [2.24, 2.45) is 5.41 Å². The van der Waals surface area contributed by atoms with E-state index in [9.17, 15) is 5.11 Å². The van der Waals surface area contributed by atoms with Crippen LogP contribution < -0.4 is 0 Å². The number of likely N-dealkylation sites (tertiary alicyclic amines) is 1. The smallest absolute Gasteiger partial charge is 0.0494 e. The summed E-state index contributed by atoms with van der Waals surface area (Å²) in [5.74, 6) is 0. The van der Waals surface area contributed by atoms with Gasteiger partial charge in [0.25, 0.3) is 0 Å². The van der Waals surface area contributed by atoms with Gasteiger partial charge >= 0.3 is 0 Å². The number of hydrogen-bond donors (Lipinski definition) is 1. The van der Waals surface area contributed by atoms with Crippen LogP contribution in [0.4, 0.5) is 0 Å². The summed E-state index contributed by atoms with van der Waals surface area (Å²) in [7, 11) is 0. The summed E-state index contributed by atoms with van der Waals surface area (Å²) in [5, 5.41) is 9.28. The highest BCUT2D eigenvalue weighted by atomic mass is 16.3. The van der Waals surface area contributed by atoms with E-state index in [2.05, 4.69) is 37.5 Å². The number of hydrogen-bond acceptors (Lipinski definition) is 3. The fraction of sp³-hybridized carbons (Fsp3) is 1.00. The molecule has 3 heteroatoms. The minimum absolute atomic E-state index is 0.0398. The van der Waals surface area contributed by atoms with Gasteiger partial charge in [0.1, 0.15) is 0 Å². The van der Waals surface area contributed by atoms with E-state index in [1.54, 1.807) is 0 Å². The van der Waals surface area contributed by atoms with Gasteiger partial charge in [-0.05, 0) is 26.1 Å². The van der Waals surface area contributed by atoms with Crippen molar-refractivity contribution in [2.45, 2.75) is 40.2 Å². The Labute approximate surface area is 100 Å². The van der Waals surface area contributed by atoms with E-state index in [4.69, 9.17) is 0 Å². The predicted octanol–water partition coefficient (Wildman–Crippen LogP) is 1.42. The van der Waals surface area contributed by atoms with Crippen molar-refractivity contribution in [3.8, 4) is 0 Å². The molecule has 0 bridgehead atoms. The molecule has 0 spiro atoms. The Kier molecular flexibility index (Phi) is 5.22. The molecule has 0 amide bonds. The number of likely N-dealkylation sites (N-methyl/N-ethyl adjacent to an activating group) is 1. The summed E-state index contributed by atoms with van der Waals surface area (Å²) in [4.78, 5) is 5.05. The van der Waals surface area contributed by atoms with Crippen molar-refractivity contribution in [3.63, 3.8) is 0 Å². The molecule has 0 aromatic carbocycles. The molecule has 1 aliphatic rings. The van der Waals surface area contributed by atoms with Crippen LogP contribution in [0.5, 0.6) is 0 Å². The van der Waals surface area contributed by atoms with Crippen LogP contribution in [0, 0.1) is 5.41 Å². The van der Waals surface area contributed by atoms with Gasteiger partial charge in [-0.25, -0.2) is 0 Å². The summed E-state index contributed by atoms with van der Waals surface area (Å²) in [6.45, 7) is 14.7. The Hall–Kier alpha value is -0.120. The van der Waals surface area contributed by atoms with Gasteiger partial charge in [0.05, 0.1) is 0 Å². The van der Waals surface area contributed by atoms with Gasteiger partial charge in [0.15, 0.2) is 0 Å². The van der Waals surface area contributed by atoms with Gasteiger partial charge in [-0.2, -0.15) is 0 Å². The first-order valence-electron chi connectivity index (χ1n) is 6.59. The molecule has 1 unspecified atom stereocenters. The van der Waals surface area contributed by atoms with E-state index in [0.29, 0.717) is 0 Å². The lowest BCUT2D eigenvalue weighted by Gasteiger charge is -2.30. The molecule has 0 aromatic heterocycles. The zero-order chi connectivity index (χ0) is 12.2. The largest absolute Gasteiger partial charge is 0.396 e. The van der Waals surface area contributed by atoms with Crippen LogP contribution in [0.15, 0.2) is 0 Å². The molecule has 1 N–H and O–H groups in total. The number of aliphatic hydroxyl groups excluding tert-OH is 1. The lowest BCUT2D eigenvalue weighted by atomic mass is 9.94. The van der Waals surface area contributed by atoms with Gasteiger partial charge < -0.3 is 10.0 Å². The Bertz CT molecular complexity index is 202. The second-order valence-electron chi connectivity index (χ2n) is 5.72. The third kappa shape index (κ3) is 3.72. The summed E-state index contributed by atoms with van der Waals surface area (Å²) in [5.41, 5.74) is 0.0398. The molecular weight excluding hydrogens is 200 g/mol. The molecule has 3 nitrogen and oxygen atoms in total. The summed E-state index contributed by atoms with van der Waals surface area (Å²) < 4.78 is 0. The molecular formula is C13H28N2O. The summed E-state index contributed by atoms with van der Waals surface area (Å²) in [6.07, 6.45) is 1.28. The van der Waals surface area contributed by atoms with Gasteiger partial charge in [-0.1, -0.05) is 27.7 Å². The lowest BCUT2D eigenvalue weighted by Crippen LogP contribution is -2.40. The van der Waals surface area contributed by atoms with E-state index in [0.717, 1.165) is 25.7 Å². The van der Waals surface area contributed by atoms with Crippen molar-refractivity contribution in [1.29, 1.82) is 0 Å². The standard InChI is InChI=1S/C13H28N2O/c1-5-15(6-2)12-7-8-14(9-12)10-13(3,4)11-16/h12,16H,5-11H2,1-4H3. The van der Waals surface area contributed by atoms with E-state index < -0.39 is 0 Å². The van der Waals surface area contributed by atoms with Gasteiger partial charge in [-0.3, -0.25) is 4.90 Å². The van der Waals surface area contributed by atoms with Crippen LogP contribution >= 0.6 is 0 Å². The van der Waals surface area contributed by atoms with Crippen molar-refractivity contribution in [1.82, 2.24) is 9.80 Å². The molecule has 96 valence electrons. The SMILES string of the molecule is CCN(CC)C1CCN(CC(C)(C)CO)C1. The third-order valence-corrected chi connectivity index (χ3v) is 3.66. The van der Waals surface area contributed by atoms with Crippen molar-refractivity contribution >= 4 is 0 Å². The second-order valence-corrected chi connectivity index (χ2v) is 5.72. The maximum atomic E-state index is 9.28. The Balaban J connectivity index is 2.40. The average Bonchev–Trinajstić information content (AvgIpc) is 2.68. The zero-order valence-electron chi connectivity index (χ0n) is 11.4. The number of rotatable bonds is 6. The molecule has 1 atom stereocenters. The van der Waals surface area contributed by atoms with Crippen molar-refractivity contribution in [3.05, 3.63) is 0 Å². The molecule has 0 saturated carbocycles. The Morgan fingerprint density at radius 2 is 1.94 bits per heavy atom. The number of nitrogens with zero attached hydrogens (tertiary/aromatic N) is 2. The molecule has 1 aliphatic heterocycles. The lowest BCUT2D eigenvalue weighted by molar-refractivity contribution is 0.109. The van der Waals surface area contributed by atoms with E-state index in [1.165, 1.54) is 19.5 Å². The van der Waals surface area contributed by atoms with E-state index >= 15 is 0 Å². The fourth-order valence-electron chi connectivity index (χ4n) is 2.65. The number of aliphatic hydroxyl groups is 1. The van der Waals surface area contributed by atoms with Crippen LogP contribution in [0.1, 0.15) is 34.1 Å². The Morgan fingerprint density at radius 1 is 1.31 bits per heavy atom. The Morgan fingerprint density at radius 3 is 2.44 bits per heavy atom. The molecule has 0 aromatic rings. The average molecular weight is 228 g/mol. The third-order valence-electron chi connectivity index (χ3n) is 3.66. The molecule has 16 heavy (non-hydrogen) atoms. The molecule has 0 radical (unpaired) electrons. The maximum absolute atomic E-state index is 9.28. The molecule has 1 fully saturated rings. The first kappa shape index (κ1) is 13.9. The summed E-state index contributed by atoms with van der Waals surface area (Å²) in [6, 6.07) is 0.726. The monoisotopic (exact) mass is 228 g/mol. The van der Waals surface area contributed by atoms with Crippen LogP contribution in [0.2, 0.25) is 0 Å². The first-order valence-corrected chi connectivity index (χ1v) is 6.59. The van der Waals surface area contributed by atoms with E-state index in [1.807, 2.05) is 0 Å². The fourth-order valence-corrected chi connectivity index (χ4v) is 2.65.